The van der Waals surface area contributed by atoms with Crippen LogP contribution in [0.5, 0.6) is 11.5 Å². The number of hydrogen-bond donors (Lipinski definition) is 2. The van der Waals surface area contributed by atoms with Gasteiger partial charge in [-0.25, -0.2) is 0 Å². The Morgan fingerprint density at radius 1 is 0.943 bits per heavy atom. The summed E-state index contributed by atoms with van der Waals surface area (Å²) in [6, 6.07) is 18.8. The molecule has 1 aliphatic heterocycles. The Morgan fingerprint density at radius 2 is 1.69 bits per heavy atom. The third-order valence-electron chi connectivity index (χ3n) is 8.58. The maximum Gasteiger partial charge on any atom is 0.166 e. The zero-order chi connectivity index (χ0) is 24.3. The summed E-state index contributed by atoms with van der Waals surface area (Å²) in [5.74, 6) is 1.61. The van der Waals surface area contributed by atoms with Crippen molar-refractivity contribution < 1.29 is 9.47 Å². The predicted octanol–water partition coefficient (Wildman–Crippen LogP) is 5.18. The summed E-state index contributed by atoms with van der Waals surface area (Å²) in [5, 5.41) is 8.12. The van der Waals surface area contributed by atoms with E-state index < -0.39 is 0 Å². The van der Waals surface area contributed by atoms with Crippen molar-refractivity contribution >= 4 is 17.3 Å². The highest BCUT2D eigenvalue weighted by Crippen LogP contribution is 2.50. The lowest BCUT2D eigenvalue weighted by Crippen LogP contribution is -2.54. The number of hydrogen-bond acceptors (Lipinski definition) is 4. The Morgan fingerprint density at radius 3 is 2.43 bits per heavy atom. The summed E-state index contributed by atoms with van der Waals surface area (Å²) >= 11 is 5.74. The predicted molar refractivity (Wildman–Crippen MR) is 145 cm³/mol. The number of rotatable bonds is 7. The second kappa shape index (κ2) is 10.8. The first-order chi connectivity index (χ1) is 17.1. The van der Waals surface area contributed by atoms with Crippen LogP contribution < -0.4 is 20.1 Å². The van der Waals surface area contributed by atoms with Gasteiger partial charge in [-0.15, -0.1) is 0 Å². The summed E-state index contributed by atoms with van der Waals surface area (Å²) in [6.07, 6.45) is 9.62. The minimum Gasteiger partial charge on any atom is -0.493 e. The lowest BCUT2D eigenvalue weighted by Gasteiger charge is -2.46. The van der Waals surface area contributed by atoms with Gasteiger partial charge in [0.25, 0.3) is 0 Å². The summed E-state index contributed by atoms with van der Waals surface area (Å²) in [6.45, 7) is 2.09. The molecule has 0 spiro atoms. The molecule has 1 heterocycles. The third-order valence-corrected chi connectivity index (χ3v) is 8.82. The Hall–Kier alpha value is -2.31. The SMILES string of the molecule is COc1ccc([C@@]23CC[C@H](NC(=S)NC4CCCC4)C[C@H]2N(Cc2ccccc2)CC3)cc1OC. The fourth-order valence-electron chi connectivity index (χ4n) is 6.75. The Bertz CT molecular complexity index is 1010. The first-order valence-electron chi connectivity index (χ1n) is 13.2. The molecule has 0 aromatic heterocycles. The van der Waals surface area contributed by atoms with E-state index >= 15 is 0 Å². The molecule has 2 aliphatic carbocycles. The second-order valence-electron chi connectivity index (χ2n) is 10.5. The number of nitrogens with one attached hydrogen (secondary N) is 2. The van der Waals surface area contributed by atoms with E-state index in [1.54, 1.807) is 14.2 Å². The molecule has 2 saturated carbocycles. The molecule has 0 bridgehead atoms. The molecule has 35 heavy (non-hydrogen) atoms. The molecule has 2 N–H and O–H groups in total. The van der Waals surface area contributed by atoms with Crippen molar-refractivity contribution in [2.45, 2.75) is 81.5 Å². The van der Waals surface area contributed by atoms with Gasteiger partial charge in [0.05, 0.1) is 14.2 Å². The smallest absolute Gasteiger partial charge is 0.166 e. The van der Waals surface area contributed by atoms with Crippen LogP contribution in [-0.4, -0.2) is 48.9 Å². The van der Waals surface area contributed by atoms with Gasteiger partial charge in [-0.05, 0) is 80.5 Å². The van der Waals surface area contributed by atoms with Gasteiger partial charge in [-0.2, -0.15) is 0 Å². The summed E-state index contributed by atoms with van der Waals surface area (Å²) in [5.41, 5.74) is 2.87. The fraction of sp³-hybridized carbons (Fsp3) is 0.552. The highest BCUT2D eigenvalue weighted by atomic mass is 32.1. The lowest BCUT2D eigenvalue weighted by atomic mass is 9.65. The van der Waals surface area contributed by atoms with Crippen LogP contribution in [0.15, 0.2) is 48.5 Å². The monoisotopic (exact) mass is 493 g/mol. The standard InChI is InChI=1S/C29H39N3O2S/c1-33-25-13-12-22(18-26(25)34-2)29-15-14-24(31-28(35)30-23-10-6-7-11-23)19-27(29)32(17-16-29)20-21-8-4-3-5-9-21/h3-5,8-9,12-13,18,23-24,27H,6-7,10-11,14-17,19-20H2,1-2H3,(H2,30,31,35)/t24-,27+,29-/m0/s1. The topological polar surface area (TPSA) is 45.8 Å². The van der Waals surface area contributed by atoms with Crippen LogP contribution in [0.25, 0.3) is 0 Å². The molecular weight excluding hydrogens is 454 g/mol. The molecule has 2 aromatic carbocycles. The van der Waals surface area contributed by atoms with E-state index in [0.717, 1.165) is 55.4 Å². The van der Waals surface area contributed by atoms with E-state index in [1.165, 1.54) is 36.8 Å². The van der Waals surface area contributed by atoms with E-state index in [2.05, 4.69) is 64.1 Å². The van der Waals surface area contributed by atoms with Crippen molar-refractivity contribution in [2.75, 3.05) is 20.8 Å². The third kappa shape index (κ3) is 5.14. The number of thiocarbonyl (C=S) groups is 1. The number of nitrogens with zero attached hydrogens (tertiary/aromatic N) is 1. The zero-order valence-electron chi connectivity index (χ0n) is 21.1. The van der Waals surface area contributed by atoms with Crippen LogP contribution in [0.2, 0.25) is 0 Å². The van der Waals surface area contributed by atoms with Gasteiger partial charge in [-0.3, -0.25) is 4.90 Å². The molecule has 5 rings (SSSR count). The van der Waals surface area contributed by atoms with E-state index in [1.807, 2.05) is 0 Å². The van der Waals surface area contributed by atoms with Gasteiger partial charge in [0, 0.05) is 30.1 Å². The summed E-state index contributed by atoms with van der Waals surface area (Å²) < 4.78 is 11.2. The first-order valence-corrected chi connectivity index (χ1v) is 13.6. The van der Waals surface area contributed by atoms with Crippen LogP contribution in [0.1, 0.15) is 62.5 Å². The zero-order valence-corrected chi connectivity index (χ0v) is 21.9. The normalized spacial score (nSPS) is 26.8. The molecule has 0 unspecified atom stereocenters. The van der Waals surface area contributed by atoms with Gasteiger partial charge in [0.2, 0.25) is 0 Å². The number of methoxy groups -OCH3 is 2. The minimum atomic E-state index is 0.118. The molecule has 188 valence electrons. The van der Waals surface area contributed by atoms with Gasteiger partial charge in [0.1, 0.15) is 0 Å². The van der Waals surface area contributed by atoms with Gasteiger partial charge in [-0.1, -0.05) is 49.2 Å². The van der Waals surface area contributed by atoms with Crippen molar-refractivity contribution in [2.24, 2.45) is 0 Å². The summed E-state index contributed by atoms with van der Waals surface area (Å²) in [7, 11) is 3.43. The molecule has 6 heteroatoms. The highest BCUT2D eigenvalue weighted by molar-refractivity contribution is 7.80. The molecule has 3 aliphatic rings. The van der Waals surface area contributed by atoms with Crippen LogP contribution in [0.3, 0.4) is 0 Å². The molecule has 0 amide bonds. The molecular formula is C29H39N3O2S. The Labute approximate surface area is 215 Å². The largest absolute Gasteiger partial charge is 0.493 e. The molecule has 5 nitrogen and oxygen atoms in total. The number of benzene rings is 2. The average molecular weight is 494 g/mol. The second-order valence-corrected chi connectivity index (χ2v) is 10.9. The van der Waals surface area contributed by atoms with E-state index in [-0.39, 0.29) is 5.41 Å². The van der Waals surface area contributed by atoms with Crippen LogP contribution in [0.4, 0.5) is 0 Å². The number of fused-ring (bicyclic) bond motifs is 1. The molecule has 1 saturated heterocycles. The Balaban J connectivity index is 1.38. The number of likely N-dealkylation sites (tertiary alicyclic amines) is 1. The molecule has 2 aromatic rings. The lowest BCUT2D eigenvalue weighted by molar-refractivity contribution is 0.134. The van der Waals surface area contributed by atoms with E-state index in [0.29, 0.717) is 18.1 Å². The fourth-order valence-corrected chi connectivity index (χ4v) is 7.08. The maximum atomic E-state index is 5.74. The number of ether oxygens (including phenoxy) is 2. The molecule has 3 atom stereocenters. The van der Waals surface area contributed by atoms with Gasteiger partial charge >= 0.3 is 0 Å². The van der Waals surface area contributed by atoms with Crippen LogP contribution >= 0.6 is 12.2 Å². The summed E-state index contributed by atoms with van der Waals surface area (Å²) in [4.78, 5) is 2.70. The maximum absolute atomic E-state index is 5.74. The van der Waals surface area contributed by atoms with Crippen molar-refractivity contribution in [1.82, 2.24) is 15.5 Å². The quantitative estimate of drug-likeness (QED) is 0.519. The average Bonchev–Trinajstić information content (AvgIpc) is 3.53. The minimum absolute atomic E-state index is 0.118. The van der Waals surface area contributed by atoms with Crippen molar-refractivity contribution in [1.29, 1.82) is 0 Å². The van der Waals surface area contributed by atoms with Crippen molar-refractivity contribution in [3.05, 3.63) is 59.7 Å². The van der Waals surface area contributed by atoms with Crippen LogP contribution in [0, 0.1) is 0 Å². The highest BCUT2D eigenvalue weighted by Gasteiger charge is 2.51. The van der Waals surface area contributed by atoms with Crippen molar-refractivity contribution in [3.8, 4) is 11.5 Å². The van der Waals surface area contributed by atoms with E-state index in [9.17, 15) is 0 Å². The van der Waals surface area contributed by atoms with Gasteiger partial charge in [0.15, 0.2) is 16.6 Å². The van der Waals surface area contributed by atoms with E-state index in [4.69, 9.17) is 21.7 Å². The van der Waals surface area contributed by atoms with Gasteiger partial charge < -0.3 is 20.1 Å². The molecule has 3 fully saturated rings. The van der Waals surface area contributed by atoms with Crippen LogP contribution in [-0.2, 0) is 12.0 Å². The Kier molecular flexibility index (Phi) is 7.49. The first kappa shape index (κ1) is 24.4. The van der Waals surface area contributed by atoms with Crippen molar-refractivity contribution in [3.63, 3.8) is 0 Å². The molecule has 0 radical (unpaired) electrons.